The third-order valence-corrected chi connectivity index (χ3v) is 10.7. The first kappa shape index (κ1) is 33.8. The molecule has 4 aliphatic rings. The molecule has 5 rings (SSSR count). The largest absolute Gasteiger partial charge is 0.363 e. The minimum Gasteiger partial charge on any atom is -0.363 e. The van der Waals surface area contributed by atoms with Gasteiger partial charge in [0.05, 0.1) is 23.2 Å². The first-order chi connectivity index (χ1) is 21.7. The molecule has 6 atom stereocenters. The van der Waals surface area contributed by atoms with Crippen LogP contribution in [0.15, 0.2) is 24.3 Å². The van der Waals surface area contributed by atoms with Crippen LogP contribution in [0.4, 0.5) is 0 Å². The number of nitrogens with zero attached hydrogens (tertiary/aromatic N) is 2. The summed E-state index contributed by atoms with van der Waals surface area (Å²) in [6.07, 6.45) is 5.97. The van der Waals surface area contributed by atoms with E-state index in [0.29, 0.717) is 24.1 Å². The molecule has 1 aromatic carbocycles. The molecule has 0 bridgehead atoms. The predicted molar refractivity (Wildman–Crippen MR) is 171 cm³/mol. The van der Waals surface area contributed by atoms with Crippen molar-refractivity contribution in [2.75, 3.05) is 13.1 Å². The van der Waals surface area contributed by atoms with E-state index in [-0.39, 0.29) is 47.9 Å². The number of amides is 5. The van der Waals surface area contributed by atoms with Crippen molar-refractivity contribution in [3.05, 3.63) is 35.4 Å². The number of likely N-dealkylation sites (tertiary alicyclic amines) is 1. The van der Waals surface area contributed by atoms with Gasteiger partial charge in [0.15, 0.2) is 0 Å². The summed E-state index contributed by atoms with van der Waals surface area (Å²) in [4.78, 5) is 82.5. The molecule has 2 saturated carbocycles. The summed E-state index contributed by atoms with van der Waals surface area (Å²) in [7, 11) is 0. The van der Waals surface area contributed by atoms with Crippen molar-refractivity contribution < 1.29 is 28.8 Å². The normalized spacial score (nSPS) is 24.8. The van der Waals surface area contributed by atoms with Crippen molar-refractivity contribution in [3.63, 3.8) is 0 Å². The maximum Gasteiger partial charge on any atom is 0.287 e. The van der Waals surface area contributed by atoms with Gasteiger partial charge in [-0.1, -0.05) is 72.4 Å². The number of primary amides is 1. The zero-order valence-electron chi connectivity index (χ0n) is 27.7. The Labute approximate surface area is 271 Å². The van der Waals surface area contributed by atoms with Gasteiger partial charge in [-0.25, -0.2) is 0 Å². The molecule has 1 unspecified atom stereocenters. The monoisotopic (exact) mass is 635 g/mol. The molecule has 0 aromatic heterocycles. The van der Waals surface area contributed by atoms with Gasteiger partial charge in [-0.05, 0) is 60.5 Å². The molecule has 2 heterocycles. The number of benzene rings is 1. The topological polar surface area (TPSA) is 159 Å². The molecule has 5 amide bonds. The molecule has 250 valence electrons. The first-order valence-corrected chi connectivity index (χ1v) is 16.8. The Hall–Kier alpha value is -3.60. The lowest BCUT2D eigenvalue weighted by Gasteiger charge is -2.39. The van der Waals surface area contributed by atoms with E-state index >= 15 is 0 Å². The van der Waals surface area contributed by atoms with Crippen molar-refractivity contribution in [1.29, 1.82) is 0 Å². The second-order valence-electron chi connectivity index (χ2n) is 15.2. The Morgan fingerprint density at radius 2 is 1.57 bits per heavy atom. The zero-order valence-corrected chi connectivity index (χ0v) is 27.7. The van der Waals surface area contributed by atoms with E-state index in [2.05, 4.69) is 10.6 Å². The van der Waals surface area contributed by atoms with Crippen LogP contribution >= 0.6 is 0 Å². The van der Waals surface area contributed by atoms with Crippen LogP contribution in [-0.2, 0) is 19.2 Å². The number of hydrogen-bond donors (Lipinski definition) is 3. The predicted octanol–water partition coefficient (Wildman–Crippen LogP) is 2.67. The highest BCUT2D eigenvalue weighted by molar-refractivity contribution is 6.37. The van der Waals surface area contributed by atoms with Crippen LogP contribution in [0.25, 0.3) is 0 Å². The maximum atomic E-state index is 14.5. The Balaban J connectivity index is 1.37. The minimum absolute atomic E-state index is 0.0402. The number of hydrogen-bond acceptors (Lipinski definition) is 7. The van der Waals surface area contributed by atoms with Crippen LogP contribution in [0, 0.1) is 29.1 Å². The van der Waals surface area contributed by atoms with Gasteiger partial charge in [0.1, 0.15) is 6.04 Å². The van der Waals surface area contributed by atoms with Crippen LogP contribution in [0.3, 0.4) is 0 Å². The molecule has 2 aliphatic carbocycles. The van der Waals surface area contributed by atoms with Gasteiger partial charge in [-0.15, -0.1) is 0 Å². The van der Waals surface area contributed by atoms with Crippen LogP contribution in [0.5, 0.6) is 0 Å². The average molecular weight is 636 g/mol. The number of rotatable bonds is 12. The fourth-order valence-corrected chi connectivity index (χ4v) is 7.70. The molecular weight excluding hydrogens is 586 g/mol. The smallest absolute Gasteiger partial charge is 0.287 e. The maximum absolute atomic E-state index is 14.5. The van der Waals surface area contributed by atoms with E-state index in [1.807, 2.05) is 34.6 Å². The summed E-state index contributed by atoms with van der Waals surface area (Å²) in [5.41, 5.74) is 5.67. The van der Waals surface area contributed by atoms with Crippen LogP contribution in [0.2, 0.25) is 0 Å². The van der Waals surface area contributed by atoms with Crippen LogP contribution in [-0.4, -0.2) is 82.4 Å². The van der Waals surface area contributed by atoms with Gasteiger partial charge in [0, 0.05) is 19.1 Å². The quantitative estimate of drug-likeness (QED) is 0.235. The second-order valence-corrected chi connectivity index (χ2v) is 15.2. The lowest BCUT2D eigenvalue weighted by Crippen LogP contribution is -2.61. The second kappa shape index (κ2) is 13.3. The van der Waals surface area contributed by atoms with Gasteiger partial charge >= 0.3 is 0 Å². The molecule has 1 aromatic rings. The average Bonchev–Trinajstić information content (AvgIpc) is 3.63. The molecule has 46 heavy (non-hydrogen) atoms. The van der Waals surface area contributed by atoms with E-state index in [9.17, 15) is 28.8 Å². The highest BCUT2D eigenvalue weighted by Crippen LogP contribution is 2.43. The Morgan fingerprint density at radius 1 is 0.957 bits per heavy atom. The third kappa shape index (κ3) is 6.61. The Morgan fingerprint density at radius 3 is 2.09 bits per heavy atom. The van der Waals surface area contributed by atoms with E-state index in [1.54, 1.807) is 29.2 Å². The highest BCUT2D eigenvalue weighted by Gasteiger charge is 2.52. The summed E-state index contributed by atoms with van der Waals surface area (Å²) in [5.74, 6) is -3.01. The van der Waals surface area contributed by atoms with E-state index in [4.69, 9.17) is 5.73 Å². The summed E-state index contributed by atoms with van der Waals surface area (Å²) in [6, 6.07) is 3.87. The highest BCUT2D eigenvalue weighted by atomic mass is 16.2. The molecule has 11 nitrogen and oxygen atoms in total. The molecule has 3 fully saturated rings. The van der Waals surface area contributed by atoms with Gasteiger partial charge in [-0.3, -0.25) is 33.7 Å². The van der Waals surface area contributed by atoms with E-state index < -0.39 is 47.2 Å². The molecule has 0 radical (unpaired) electrons. The molecule has 1 saturated heterocycles. The fraction of sp³-hybridized carbons (Fsp3) is 0.657. The molecular formula is C35H49N5O6. The van der Waals surface area contributed by atoms with E-state index in [1.165, 1.54) is 4.90 Å². The Bertz CT molecular complexity index is 1360. The van der Waals surface area contributed by atoms with Crippen molar-refractivity contribution in [1.82, 2.24) is 20.4 Å². The molecule has 2 aliphatic heterocycles. The third-order valence-electron chi connectivity index (χ3n) is 10.7. The van der Waals surface area contributed by atoms with E-state index in [0.717, 1.165) is 38.5 Å². The number of carbonyl (C=O) groups is 6. The van der Waals surface area contributed by atoms with Gasteiger partial charge in [-0.2, -0.15) is 0 Å². The number of Topliss-reactive ketones (excluding diaryl/α,β-unsaturated/α-hetero) is 1. The number of ketones is 1. The number of fused-ring (bicyclic) bond motifs is 2. The summed E-state index contributed by atoms with van der Waals surface area (Å²) in [5, 5.41) is 6.37. The van der Waals surface area contributed by atoms with Crippen LogP contribution in [0.1, 0.15) is 100 Å². The number of nitrogens with one attached hydrogen (secondary N) is 2. The lowest BCUT2D eigenvalue weighted by atomic mass is 9.80. The number of nitrogens with two attached hydrogens (primary N) is 1. The van der Waals surface area contributed by atoms with Crippen molar-refractivity contribution in [2.24, 2.45) is 34.8 Å². The number of imide groups is 1. The SMILES string of the molecule is CC(C)[C@H](N[C@H](CN1C(=O)c2ccccc2C1=O)C(C)(C)C)C(=O)N1C[C@@H]2CCC[C@@H]2[C@H]1C(=O)NC(CC1CCC1)C(=O)C(N)=O. The number of carbonyl (C=O) groups excluding carboxylic acids is 6. The lowest BCUT2D eigenvalue weighted by molar-refractivity contribution is -0.144. The minimum atomic E-state index is -1.07. The van der Waals surface area contributed by atoms with Crippen molar-refractivity contribution in [3.8, 4) is 0 Å². The summed E-state index contributed by atoms with van der Waals surface area (Å²) < 4.78 is 0. The van der Waals surface area contributed by atoms with Crippen molar-refractivity contribution >= 4 is 35.3 Å². The molecule has 4 N–H and O–H groups in total. The van der Waals surface area contributed by atoms with Gasteiger partial charge in [0.2, 0.25) is 17.6 Å². The zero-order chi connectivity index (χ0) is 33.5. The molecule has 11 heteroatoms. The molecule has 0 spiro atoms. The van der Waals surface area contributed by atoms with Crippen molar-refractivity contribution in [2.45, 2.75) is 104 Å². The van der Waals surface area contributed by atoms with Gasteiger partial charge < -0.3 is 21.3 Å². The first-order valence-electron chi connectivity index (χ1n) is 16.8. The summed E-state index contributed by atoms with van der Waals surface area (Å²) >= 11 is 0. The fourth-order valence-electron chi connectivity index (χ4n) is 7.70. The van der Waals surface area contributed by atoms with Gasteiger partial charge in [0.25, 0.3) is 17.7 Å². The van der Waals surface area contributed by atoms with Crippen LogP contribution < -0.4 is 16.4 Å². The standard InChI is InChI=1S/C35H49N5O6/c1-19(2)27(38-26(35(3,4)5)18-40-32(44)23-13-6-7-14-24(23)33(40)45)34(46)39-17-21-12-9-15-22(21)28(39)31(43)37-25(29(41)30(36)42)16-20-10-8-11-20/h6-7,13-14,19-22,25-28,38H,8-12,15-18H2,1-5H3,(H2,36,42)(H,37,43)/t21-,22-,25?,26+,27-,28-/m0/s1. The Kier molecular flexibility index (Phi) is 9.73. The summed E-state index contributed by atoms with van der Waals surface area (Å²) in [6.45, 7) is 10.4.